The molecule has 1 aliphatic rings. The lowest BCUT2D eigenvalue weighted by Gasteiger charge is -2.10. The van der Waals surface area contributed by atoms with Gasteiger partial charge in [-0.15, -0.1) is 0 Å². The number of hydrogen-bond donors (Lipinski definition) is 2. The van der Waals surface area contributed by atoms with Crippen molar-refractivity contribution in [3.63, 3.8) is 0 Å². The molecule has 0 bridgehead atoms. The molecule has 4 rings (SSSR count). The third-order valence-corrected chi connectivity index (χ3v) is 6.63. The number of rotatable bonds is 6. The van der Waals surface area contributed by atoms with Crippen molar-refractivity contribution in [1.29, 1.82) is 0 Å². The van der Waals surface area contributed by atoms with Gasteiger partial charge in [-0.05, 0) is 61.6 Å². The largest absolute Gasteiger partial charge is 0.461 e. The fourth-order valence-corrected chi connectivity index (χ4v) is 4.81. The summed E-state index contributed by atoms with van der Waals surface area (Å²) in [4.78, 5) is 11.1. The van der Waals surface area contributed by atoms with E-state index in [-0.39, 0.29) is 10.8 Å². The highest BCUT2D eigenvalue weighted by Crippen LogP contribution is 2.33. The van der Waals surface area contributed by atoms with Crippen molar-refractivity contribution >= 4 is 32.6 Å². The Labute approximate surface area is 170 Å². The number of fused-ring (bicyclic) bond motifs is 3. The average molecular weight is 413 g/mol. The summed E-state index contributed by atoms with van der Waals surface area (Å²) in [6.07, 6.45) is 4.83. The molecule has 0 radical (unpaired) electrons. The van der Waals surface area contributed by atoms with E-state index in [0.29, 0.717) is 18.7 Å². The van der Waals surface area contributed by atoms with Crippen LogP contribution in [0.1, 0.15) is 36.7 Å². The van der Waals surface area contributed by atoms with Crippen LogP contribution in [0.25, 0.3) is 11.0 Å². The quantitative estimate of drug-likeness (QED) is 0.645. The highest BCUT2D eigenvalue weighted by Gasteiger charge is 2.19. The molecule has 2 N–H and O–H groups in total. The van der Waals surface area contributed by atoms with Crippen molar-refractivity contribution in [3.05, 3.63) is 59.4 Å². The second-order valence-electron chi connectivity index (χ2n) is 7.40. The number of aryl methyl sites for hydroxylation is 2. The Kier molecular flexibility index (Phi) is 5.32. The van der Waals surface area contributed by atoms with Crippen molar-refractivity contribution < 1.29 is 17.6 Å². The Hall–Kier alpha value is -2.80. The Morgan fingerprint density at radius 3 is 2.59 bits per heavy atom. The first-order valence-electron chi connectivity index (χ1n) is 9.83. The number of carbonyl (C=O) groups excluding carboxylic acids is 1. The van der Waals surface area contributed by atoms with Crippen LogP contribution in [0.3, 0.4) is 0 Å². The monoisotopic (exact) mass is 412 g/mol. The van der Waals surface area contributed by atoms with Gasteiger partial charge in [-0.2, -0.15) is 0 Å². The maximum Gasteiger partial charge on any atom is 0.261 e. The molecule has 0 spiro atoms. The van der Waals surface area contributed by atoms with Crippen molar-refractivity contribution in [2.24, 2.45) is 0 Å². The molecule has 1 aliphatic carbocycles. The highest BCUT2D eigenvalue weighted by atomic mass is 32.2. The molecule has 152 valence electrons. The van der Waals surface area contributed by atoms with Gasteiger partial charge >= 0.3 is 0 Å². The number of carbonyl (C=O) groups is 1. The van der Waals surface area contributed by atoms with Crippen LogP contribution in [0, 0.1) is 0 Å². The third kappa shape index (κ3) is 4.29. The second-order valence-corrected chi connectivity index (χ2v) is 9.09. The molecule has 7 heteroatoms. The molecule has 0 saturated heterocycles. The van der Waals surface area contributed by atoms with Crippen molar-refractivity contribution in [3.8, 4) is 0 Å². The molecule has 0 saturated carbocycles. The molecule has 0 fully saturated rings. The Morgan fingerprint density at radius 1 is 1.07 bits per heavy atom. The minimum Gasteiger partial charge on any atom is -0.461 e. The molecule has 3 aromatic rings. The van der Waals surface area contributed by atoms with Gasteiger partial charge < -0.3 is 9.73 Å². The van der Waals surface area contributed by atoms with E-state index in [9.17, 15) is 13.2 Å². The maximum atomic E-state index is 12.8. The predicted molar refractivity (Wildman–Crippen MR) is 112 cm³/mol. The van der Waals surface area contributed by atoms with E-state index in [1.54, 1.807) is 30.3 Å². The lowest BCUT2D eigenvalue weighted by molar-refractivity contribution is -0.118. The topological polar surface area (TPSA) is 88.4 Å². The van der Waals surface area contributed by atoms with Crippen LogP contribution in [0.2, 0.25) is 0 Å². The maximum absolute atomic E-state index is 12.8. The summed E-state index contributed by atoms with van der Waals surface area (Å²) in [7, 11) is -3.69. The number of benzene rings is 2. The summed E-state index contributed by atoms with van der Waals surface area (Å²) in [6, 6.07) is 12.1. The zero-order valence-electron chi connectivity index (χ0n) is 16.3. The number of anilines is 1. The van der Waals surface area contributed by atoms with E-state index in [2.05, 4.69) is 10.0 Å². The molecule has 0 aliphatic heterocycles. The number of hydrogen-bond acceptors (Lipinski definition) is 4. The van der Waals surface area contributed by atoms with Crippen molar-refractivity contribution in [1.82, 2.24) is 5.32 Å². The van der Waals surface area contributed by atoms with Gasteiger partial charge in [0, 0.05) is 36.5 Å². The number of sulfonamides is 1. The molecule has 1 heterocycles. The van der Waals surface area contributed by atoms with Crippen LogP contribution in [-0.2, 0) is 34.1 Å². The van der Waals surface area contributed by atoms with Crippen molar-refractivity contribution in [2.75, 3.05) is 11.3 Å². The average Bonchev–Trinajstić information content (AvgIpc) is 3.06. The molecular weight excluding hydrogens is 388 g/mol. The summed E-state index contributed by atoms with van der Waals surface area (Å²) in [5, 5.41) is 3.72. The Bertz CT molecular complexity index is 1150. The normalized spacial score (nSPS) is 13.8. The van der Waals surface area contributed by atoms with Gasteiger partial charge in [-0.3, -0.25) is 9.52 Å². The van der Waals surface area contributed by atoms with E-state index in [0.717, 1.165) is 48.0 Å². The predicted octanol–water partition coefficient (Wildman–Crippen LogP) is 3.79. The van der Waals surface area contributed by atoms with Gasteiger partial charge in [0.05, 0.1) is 4.90 Å². The molecule has 1 aromatic heterocycles. The van der Waals surface area contributed by atoms with Crippen LogP contribution in [0.5, 0.6) is 0 Å². The van der Waals surface area contributed by atoms with E-state index in [1.807, 2.05) is 12.1 Å². The van der Waals surface area contributed by atoms with E-state index in [1.165, 1.54) is 12.5 Å². The minimum atomic E-state index is -3.69. The molecule has 0 unspecified atom stereocenters. The summed E-state index contributed by atoms with van der Waals surface area (Å²) in [6.45, 7) is 1.99. The number of furan rings is 1. The summed E-state index contributed by atoms with van der Waals surface area (Å²) in [5.74, 6) is 0.949. The van der Waals surface area contributed by atoms with Crippen LogP contribution in [0.4, 0.5) is 5.69 Å². The highest BCUT2D eigenvalue weighted by molar-refractivity contribution is 7.92. The second kappa shape index (κ2) is 7.91. The van der Waals surface area contributed by atoms with E-state index < -0.39 is 10.0 Å². The molecule has 6 nitrogen and oxygen atoms in total. The SMILES string of the molecule is CC(=O)NCCc1ccc(S(=O)(=O)Nc2ccc3oc4c(c3c2)CCCC4)cc1. The molecule has 29 heavy (non-hydrogen) atoms. The Morgan fingerprint density at radius 2 is 1.83 bits per heavy atom. The van der Waals surface area contributed by atoms with E-state index >= 15 is 0 Å². The summed E-state index contributed by atoms with van der Waals surface area (Å²) >= 11 is 0. The zero-order valence-corrected chi connectivity index (χ0v) is 17.1. The number of nitrogens with one attached hydrogen (secondary N) is 2. The fourth-order valence-electron chi connectivity index (χ4n) is 3.76. The van der Waals surface area contributed by atoms with Gasteiger partial charge in [0.1, 0.15) is 11.3 Å². The molecule has 1 amide bonds. The fraction of sp³-hybridized carbons (Fsp3) is 0.318. The van der Waals surface area contributed by atoms with Gasteiger partial charge in [0.2, 0.25) is 5.91 Å². The first kappa shape index (κ1) is 19.5. The van der Waals surface area contributed by atoms with Crippen LogP contribution in [-0.4, -0.2) is 20.9 Å². The lowest BCUT2D eigenvalue weighted by atomic mass is 9.96. The standard InChI is InChI=1S/C22H24N2O4S/c1-15(25)23-13-12-16-6-9-18(10-7-16)29(26,27)24-17-8-11-22-20(14-17)19-4-2-3-5-21(19)28-22/h6-11,14,24H,2-5,12-13H2,1H3,(H,23,25). The summed E-state index contributed by atoms with van der Waals surface area (Å²) < 4.78 is 34.2. The van der Waals surface area contributed by atoms with Gasteiger partial charge in [-0.25, -0.2) is 8.42 Å². The third-order valence-electron chi connectivity index (χ3n) is 5.23. The molecular formula is C22H24N2O4S. The van der Waals surface area contributed by atoms with Crippen molar-refractivity contribution in [2.45, 2.75) is 43.9 Å². The number of amides is 1. The van der Waals surface area contributed by atoms with Crippen LogP contribution < -0.4 is 10.0 Å². The first-order valence-corrected chi connectivity index (χ1v) is 11.3. The lowest BCUT2D eigenvalue weighted by Crippen LogP contribution is -2.22. The van der Waals surface area contributed by atoms with Gasteiger partial charge in [0.25, 0.3) is 10.0 Å². The zero-order chi connectivity index (χ0) is 20.4. The minimum absolute atomic E-state index is 0.0794. The summed E-state index contributed by atoms with van der Waals surface area (Å²) in [5.41, 5.74) is 3.50. The van der Waals surface area contributed by atoms with E-state index in [4.69, 9.17) is 4.42 Å². The van der Waals surface area contributed by atoms with Gasteiger partial charge in [-0.1, -0.05) is 12.1 Å². The van der Waals surface area contributed by atoms with Crippen LogP contribution >= 0.6 is 0 Å². The van der Waals surface area contributed by atoms with Crippen LogP contribution in [0.15, 0.2) is 51.8 Å². The Balaban J connectivity index is 1.51. The smallest absolute Gasteiger partial charge is 0.261 e. The molecule has 2 aromatic carbocycles. The molecule has 0 atom stereocenters. The van der Waals surface area contributed by atoms with Gasteiger partial charge in [0.15, 0.2) is 0 Å². The first-order chi connectivity index (χ1) is 13.9.